The third kappa shape index (κ3) is 1.58. The van der Waals surface area contributed by atoms with E-state index < -0.39 is 6.09 Å². The van der Waals surface area contributed by atoms with Gasteiger partial charge in [-0.25, -0.2) is 24.3 Å². The number of carbonyl (C=O) groups is 1. The fourth-order valence-electron chi connectivity index (χ4n) is 1.19. The van der Waals surface area contributed by atoms with Crippen molar-refractivity contribution in [3.63, 3.8) is 0 Å². The molecular weight excluding hydrogens is 210 g/mol. The third-order valence-corrected chi connectivity index (χ3v) is 1.88. The summed E-state index contributed by atoms with van der Waals surface area (Å²) in [6, 6.07) is 0. The minimum Gasteiger partial charge on any atom is -0.445 e. The Balaban J connectivity index is 2.42. The van der Waals surface area contributed by atoms with Crippen molar-refractivity contribution in [3.05, 3.63) is 25.3 Å². The largest absolute Gasteiger partial charge is 0.445 e. The highest BCUT2D eigenvalue weighted by molar-refractivity contribution is 5.88. The molecule has 0 amide bonds. The van der Waals surface area contributed by atoms with E-state index in [0.717, 1.165) is 4.57 Å². The summed E-state index contributed by atoms with van der Waals surface area (Å²) in [6.45, 7) is 3.57. The fraction of sp³-hybridized carbons (Fsp3) is 0.111. The number of carbonyl (C=O) groups excluding carboxylic acids is 1. The number of hydrogen-bond donors (Lipinski definition) is 1. The molecule has 0 bridgehead atoms. The molecule has 0 aliphatic carbocycles. The van der Waals surface area contributed by atoms with Gasteiger partial charge in [-0.1, -0.05) is 12.7 Å². The van der Waals surface area contributed by atoms with Crippen LogP contribution in [0.4, 0.5) is 10.6 Å². The lowest BCUT2D eigenvalue weighted by Gasteiger charge is -2.01. The third-order valence-electron chi connectivity index (χ3n) is 1.88. The lowest BCUT2D eigenvalue weighted by Crippen LogP contribution is -2.13. The molecule has 7 heteroatoms. The first-order valence-corrected chi connectivity index (χ1v) is 4.45. The SMILES string of the molecule is C=CCOC(=O)n1cnc2c(N)ncnc21. The van der Waals surface area contributed by atoms with Crippen LogP contribution in [0.1, 0.15) is 0 Å². The maximum absolute atomic E-state index is 11.5. The number of fused-ring (bicyclic) bond motifs is 1. The summed E-state index contributed by atoms with van der Waals surface area (Å²) < 4.78 is 6.01. The molecule has 0 fully saturated rings. The molecule has 0 spiro atoms. The Kier molecular flexibility index (Phi) is 2.50. The van der Waals surface area contributed by atoms with E-state index in [-0.39, 0.29) is 12.4 Å². The molecule has 0 saturated heterocycles. The van der Waals surface area contributed by atoms with Gasteiger partial charge in [0.2, 0.25) is 0 Å². The standard InChI is InChI=1S/C9H9N5O2/c1-2-3-16-9(15)14-5-13-6-7(10)11-4-12-8(6)14/h2,4-5H,1,3H2,(H2,10,11,12). The zero-order valence-electron chi connectivity index (χ0n) is 8.33. The van der Waals surface area contributed by atoms with Crippen LogP contribution in [-0.2, 0) is 4.74 Å². The number of aromatic nitrogens is 4. The van der Waals surface area contributed by atoms with Gasteiger partial charge in [-0.15, -0.1) is 0 Å². The van der Waals surface area contributed by atoms with Crippen LogP contribution in [0.3, 0.4) is 0 Å². The molecule has 7 nitrogen and oxygen atoms in total. The second-order valence-corrected chi connectivity index (χ2v) is 2.91. The van der Waals surface area contributed by atoms with Crippen molar-refractivity contribution in [2.75, 3.05) is 12.3 Å². The summed E-state index contributed by atoms with van der Waals surface area (Å²) >= 11 is 0. The van der Waals surface area contributed by atoms with E-state index in [1.165, 1.54) is 18.7 Å². The molecule has 2 aromatic rings. The van der Waals surface area contributed by atoms with Crippen molar-refractivity contribution < 1.29 is 9.53 Å². The van der Waals surface area contributed by atoms with Crippen LogP contribution in [0.5, 0.6) is 0 Å². The van der Waals surface area contributed by atoms with Crippen molar-refractivity contribution in [2.24, 2.45) is 0 Å². The van der Waals surface area contributed by atoms with E-state index in [2.05, 4.69) is 21.5 Å². The van der Waals surface area contributed by atoms with Gasteiger partial charge in [0.25, 0.3) is 0 Å². The molecular formula is C9H9N5O2. The molecule has 2 aromatic heterocycles. The predicted octanol–water partition coefficient (Wildman–Crippen LogP) is 0.579. The Morgan fingerprint density at radius 2 is 2.38 bits per heavy atom. The summed E-state index contributed by atoms with van der Waals surface area (Å²) in [6.07, 6.45) is 3.44. The number of anilines is 1. The van der Waals surface area contributed by atoms with Crippen LogP contribution in [0, 0.1) is 0 Å². The lowest BCUT2D eigenvalue weighted by atomic mass is 10.5. The fourth-order valence-corrected chi connectivity index (χ4v) is 1.19. The highest BCUT2D eigenvalue weighted by atomic mass is 16.5. The van der Waals surface area contributed by atoms with Crippen molar-refractivity contribution in [1.29, 1.82) is 0 Å². The first kappa shape index (κ1) is 10.1. The Labute approximate surface area is 90.6 Å². The number of nitrogen functional groups attached to an aromatic ring is 1. The van der Waals surface area contributed by atoms with Crippen LogP contribution < -0.4 is 5.73 Å². The number of hydrogen-bond acceptors (Lipinski definition) is 6. The summed E-state index contributed by atoms with van der Waals surface area (Å²) in [5, 5.41) is 0. The first-order valence-electron chi connectivity index (χ1n) is 4.45. The van der Waals surface area contributed by atoms with Crippen LogP contribution in [0.15, 0.2) is 25.3 Å². The summed E-state index contributed by atoms with van der Waals surface area (Å²) in [4.78, 5) is 23.2. The predicted molar refractivity (Wildman–Crippen MR) is 56.7 cm³/mol. The highest BCUT2D eigenvalue weighted by Gasteiger charge is 2.13. The minimum atomic E-state index is -0.583. The van der Waals surface area contributed by atoms with E-state index in [0.29, 0.717) is 11.2 Å². The average molecular weight is 219 g/mol. The molecule has 2 heterocycles. The Morgan fingerprint density at radius 3 is 3.12 bits per heavy atom. The van der Waals surface area contributed by atoms with E-state index in [4.69, 9.17) is 10.5 Å². The van der Waals surface area contributed by atoms with Crippen LogP contribution in [-0.4, -0.2) is 32.2 Å². The molecule has 0 saturated carbocycles. The zero-order valence-corrected chi connectivity index (χ0v) is 8.33. The summed E-state index contributed by atoms with van der Waals surface area (Å²) in [5.74, 6) is 0.222. The second kappa shape index (κ2) is 3.97. The van der Waals surface area contributed by atoms with E-state index in [9.17, 15) is 4.79 Å². The molecule has 0 aromatic carbocycles. The molecule has 0 atom stereocenters. The van der Waals surface area contributed by atoms with E-state index in [1.54, 1.807) is 0 Å². The van der Waals surface area contributed by atoms with Crippen LogP contribution in [0.2, 0.25) is 0 Å². The first-order chi connectivity index (χ1) is 7.74. The van der Waals surface area contributed by atoms with Gasteiger partial charge < -0.3 is 10.5 Å². The van der Waals surface area contributed by atoms with Gasteiger partial charge in [-0.2, -0.15) is 0 Å². The van der Waals surface area contributed by atoms with Gasteiger partial charge in [0.1, 0.15) is 19.3 Å². The second-order valence-electron chi connectivity index (χ2n) is 2.91. The van der Waals surface area contributed by atoms with Crippen molar-refractivity contribution in [2.45, 2.75) is 0 Å². The zero-order chi connectivity index (χ0) is 11.5. The molecule has 2 rings (SSSR count). The Morgan fingerprint density at radius 1 is 1.56 bits per heavy atom. The molecule has 0 radical (unpaired) electrons. The molecule has 16 heavy (non-hydrogen) atoms. The number of imidazole rings is 1. The van der Waals surface area contributed by atoms with E-state index >= 15 is 0 Å². The number of nitrogens with two attached hydrogens (primary N) is 1. The summed E-state index contributed by atoms with van der Waals surface area (Å²) in [5.41, 5.74) is 6.27. The maximum atomic E-state index is 11.5. The minimum absolute atomic E-state index is 0.124. The van der Waals surface area contributed by atoms with Gasteiger partial charge in [0.15, 0.2) is 17.0 Å². The van der Waals surface area contributed by atoms with Gasteiger partial charge in [-0.3, -0.25) is 0 Å². The Hall–Kier alpha value is -2.44. The van der Waals surface area contributed by atoms with Gasteiger partial charge >= 0.3 is 6.09 Å². The monoisotopic (exact) mass is 219 g/mol. The number of rotatable bonds is 2. The number of nitrogens with zero attached hydrogens (tertiary/aromatic N) is 4. The van der Waals surface area contributed by atoms with Crippen molar-refractivity contribution >= 4 is 23.1 Å². The normalized spacial score (nSPS) is 10.2. The van der Waals surface area contributed by atoms with Crippen molar-refractivity contribution in [1.82, 2.24) is 19.5 Å². The molecule has 0 aliphatic heterocycles. The number of ether oxygens (including phenoxy) is 1. The highest BCUT2D eigenvalue weighted by Crippen LogP contribution is 2.14. The lowest BCUT2D eigenvalue weighted by molar-refractivity contribution is 0.161. The van der Waals surface area contributed by atoms with Crippen LogP contribution >= 0.6 is 0 Å². The van der Waals surface area contributed by atoms with Crippen LogP contribution in [0.25, 0.3) is 11.2 Å². The molecule has 2 N–H and O–H groups in total. The molecule has 0 unspecified atom stereocenters. The quantitative estimate of drug-likeness (QED) is 0.742. The smallest absolute Gasteiger partial charge is 0.421 e. The van der Waals surface area contributed by atoms with E-state index in [1.807, 2.05) is 0 Å². The van der Waals surface area contributed by atoms with Gasteiger partial charge in [0.05, 0.1) is 0 Å². The van der Waals surface area contributed by atoms with Gasteiger partial charge in [-0.05, 0) is 0 Å². The van der Waals surface area contributed by atoms with Gasteiger partial charge in [0, 0.05) is 0 Å². The topological polar surface area (TPSA) is 95.9 Å². The summed E-state index contributed by atoms with van der Waals surface area (Å²) in [7, 11) is 0. The Bertz CT molecular complexity index is 548. The molecule has 0 aliphatic rings. The molecule has 82 valence electrons. The van der Waals surface area contributed by atoms with Crippen molar-refractivity contribution in [3.8, 4) is 0 Å². The maximum Gasteiger partial charge on any atom is 0.421 e. The average Bonchev–Trinajstić information content (AvgIpc) is 2.71.